The minimum atomic E-state index is -0.348. The van der Waals surface area contributed by atoms with Crippen molar-refractivity contribution in [3.63, 3.8) is 0 Å². The molecule has 5 heteroatoms. The molecule has 3 aromatic carbocycles. The number of Topliss-reactive ketones (excluding diaryl/α,β-unsaturated/α-hetero) is 1. The lowest BCUT2D eigenvalue weighted by atomic mass is 10.1. The van der Waals surface area contributed by atoms with Gasteiger partial charge in [-0.05, 0) is 49.7 Å². The second-order valence-corrected chi connectivity index (χ2v) is 6.84. The zero-order chi connectivity index (χ0) is 20.8. The molecular formula is C24H22N2O3. The summed E-state index contributed by atoms with van der Waals surface area (Å²) in [7, 11) is 0. The van der Waals surface area contributed by atoms with Crippen molar-refractivity contribution in [1.29, 1.82) is 0 Å². The van der Waals surface area contributed by atoms with Gasteiger partial charge in [-0.1, -0.05) is 48.0 Å². The predicted molar refractivity (Wildman–Crippen MR) is 113 cm³/mol. The van der Waals surface area contributed by atoms with Gasteiger partial charge < -0.3 is 10.6 Å². The minimum absolute atomic E-state index is 0.0756. The fourth-order valence-corrected chi connectivity index (χ4v) is 2.81. The van der Waals surface area contributed by atoms with Gasteiger partial charge in [0.15, 0.2) is 5.78 Å². The SMILES string of the molecule is CC(=O)c1cccc(NC(=O)c2cccc(C(=O)NCc3ccc(C)cc3)c2)c1. The van der Waals surface area contributed by atoms with E-state index in [1.807, 2.05) is 31.2 Å². The second-order valence-electron chi connectivity index (χ2n) is 6.84. The molecule has 5 nitrogen and oxygen atoms in total. The number of anilines is 1. The number of aryl methyl sites for hydroxylation is 1. The molecule has 29 heavy (non-hydrogen) atoms. The molecule has 0 aromatic heterocycles. The average molecular weight is 386 g/mol. The molecule has 0 fully saturated rings. The van der Waals surface area contributed by atoms with Crippen molar-refractivity contribution in [2.75, 3.05) is 5.32 Å². The topological polar surface area (TPSA) is 75.3 Å². The summed E-state index contributed by atoms with van der Waals surface area (Å²) in [5.74, 6) is -0.675. The van der Waals surface area contributed by atoms with Crippen LogP contribution in [0.3, 0.4) is 0 Å². The van der Waals surface area contributed by atoms with Crippen LogP contribution in [0.4, 0.5) is 5.69 Å². The van der Waals surface area contributed by atoms with Crippen molar-refractivity contribution < 1.29 is 14.4 Å². The third-order valence-corrected chi connectivity index (χ3v) is 4.49. The summed E-state index contributed by atoms with van der Waals surface area (Å²) in [4.78, 5) is 36.5. The quantitative estimate of drug-likeness (QED) is 0.618. The number of hydrogen-bond acceptors (Lipinski definition) is 3. The molecule has 0 spiro atoms. The largest absolute Gasteiger partial charge is 0.348 e. The zero-order valence-corrected chi connectivity index (χ0v) is 16.4. The van der Waals surface area contributed by atoms with Crippen molar-refractivity contribution in [3.05, 3.63) is 101 Å². The van der Waals surface area contributed by atoms with Gasteiger partial charge in [-0.15, -0.1) is 0 Å². The molecule has 0 aliphatic carbocycles. The predicted octanol–water partition coefficient (Wildman–Crippen LogP) is 4.38. The number of rotatable bonds is 6. The van der Waals surface area contributed by atoms with Crippen LogP contribution >= 0.6 is 0 Å². The smallest absolute Gasteiger partial charge is 0.255 e. The number of carbonyl (C=O) groups excluding carboxylic acids is 3. The third-order valence-electron chi connectivity index (χ3n) is 4.49. The average Bonchev–Trinajstić information content (AvgIpc) is 2.73. The molecular weight excluding hydrogens is 364 g/mol. The van der Waals surface area contributed by atoms with Crippen molar-refractivity contribution in [3.8, 4) is 0 Å². The summed E-state index contributed by atoms with van der Waals surface area (Å²) in [5, 5.41) is 5.62. The highest BCUT2D eigenvalue weighted by Gasteiger charge is 2.11. The van der Waals surface area contributed by atoms with E-state index in [2.05, 4.69) is 10.6 Å². The van der Waals surface area contributed by atoms with Crippen LogP contribution < -0.4 is 10.6 Å². The minimum Gasteiger partial charge on any atom is -0.348 e. The first-order chi connectivity index (χ1) is 13.9. The molecule has 0 aliphatic rings. The van der Waals surface area contributed by atoms with E-state index < -0.39 is 0 Å². The van der Waals surface area contributed by atoms with Gasteiger partial charge >= 0.3 is 0 Å². The summed E-state index contributed by atoms with van der Waals surface area (Å²) in [6.07, 6.45) is 0. The lowest BCUT2D eigenvalue weighted by Gasteiger charge is -2.09. The van der Waals surface area contributed by atoms with Gasteiger partial charge in [0.05, 0.1) is 0 Å². The Morgan fingerprint density at radius 3 is 2.07 bits per heavy atom. The van der Waals surface area contributed by atoms with Crippen LogP contribution in [0.5, 0.6) is 0 Å². The molecule has 0 atom stereocenters. The normalized spacial score (nSPS) is 10.3. The lowest BCUT2D eigenvalue weighted by molar-refractivity contribution is 0.0950. The maximum atomic E-state index is 12.6. The molecule has 0 bridgehead atoms. The summed E-state index contributed by atoms with van der Waals surface area (Å²) < 4.78 is 0. The van der Waals surface area contributed by atoms with Crippen molar-refractivity contribution in [1.82, 2.24) is 5.32 Å². The van der Waals surface area contributed by atoms with Crippen molar-refractivity contribution in [2.45, 2.75) is 20.4 Å². The number of amides is 2. The fraction of sp³-hybridized carbons (Fsp3) is 0.125. The Morgan fingerprint density at radius 2 is 1.38 bits per heavy atom. The van der Waals surface area contributed by atoms with E-state index >= 15 is 0 Å². The Hall–Kier alpha value is -3.73. The van der Waals surface area contributed by atoms with Crippen LogP contribution in [0.2, 0.25) is 0 Å². The van der Waals surface area contributed by atoms with Crippen LogP contribution in [-0.2, 0) is 6.54 Å². The standard InChI is InChI=1S/C24H22N2O3/c1-16-9-11-18(12-10-16)15-25-23(28)20-6-3-7-21(13-20)24(29)26-22-8-4-5-19(14-22)17(2)27/h3-14H,15H2,1-2H3,(H,25,28)(H,26,29). The monoisotopic (exact) mass is 386 g/mol. The van der Waals surface area contributed by atoms with Crippen LogP contribution in [0.25, 0.3) is 0 Å². The molecule has 0 radical (unpaired) electrons. The Morgan fingerprint density at radius 1 is 0.759 bits per heavy atom. The molecule has 0 saturated heterocycles. The van der Waals surface area contributed by atoms with Gasteiger partial charge in [0.2, 0.25) is 0 Å². The Labute approximate surface area is 169 Å². The molecule has 0 unspecified atom stereocenters. The number of ketones is 1. The summed E-state index contributed by atoms with van der Waals surface area (Å²) >= 11 is 0. The molecule has 146 valence electrons. The first-order valence-corrected chi connectivity index (χ1v) is 9.28. The van der Waals surface area contributed by atoms with Gasteiger partial charge in [0, 0.05) is 28.9 Å². The Bertz CT molecular complexity index is 1060. The first kappa shape index (κ1) is 20.0. The maximum Gasteiger partial charge on any atom is 0.255 e. The molecule has 0 heterocycles. The first-order valence-electron chi connectivity index (χ1n) is 9.28. The molecule has 3 rings (SSSR count). The third kappa shape index (κ3) is 5.39. The number of nitrogens with one attached hydrogen (secondary N) is 2. The maximum absolute atomic E-state index is 12.6. The zero-order valence-electron chi connectivity index (χ0n) is 16.4. The van der Waals surface area contributed by atoms with Crippen LogP contribution in [0.1, 0.15) is 49.1 Å². The fourth-order valence-electron chi connectivity index (χ4n) is 2.81. The Balaban J connectivity index is 1.67. The van der Waals surface area contributed by atoms with E-state index in [9.17, 15) is 14.4 Å². The van der Waals surface area contributed by atoms with E-state index in [4.69, 9.17) is 0 Å². The van der Waals surface area contributed by atoms with E-state index in [0.29, 0.717) is 28.9 Å². The highest BCUT2D eigenvalue weighted by atomic mass is 16.2. The van der Waals surface area contributed by atoms with Gasteiger partial charge in [0.25, 0.3) is 11.8 Å². The van der Waals surface area contributed by atoms with E-state index in [1.54, 1.807) is 48.5 Å². The van der Waals surface area contributed by atoms with E-state index in [1.165, 1.54) is 6.92 Å². The highest BCUT2D eigenvalue weighted by molar-refractivity contribution is 6.06. The van der Waals surface area contributed by atoms with Gasteiger partial charge in [-0.2, -0.15) is 0 Å². The number of hydrogen-bond donors (Lipinski definition) is 2. The molecule has 2 amide bonds. The summed E-state index contributed by atoms with van der Waals surface area (Å²) in [6, 6.07) is 21.2. The van der Waals surface area contributed by atoms with Gasteiger partial charge in [0.1, 0.15) is 0 Å². The van der Waals surface area contributed by atoms with E-state index in [-0.39, 0.29) is 17.6 Å². The Kier molecular flexibility index (Phi) is 6.19. The van der Waals surface area contributed by atoms with Gasteiger partial charge in [-0.3, -0.25) is 14.4 Å². The molecule has 0 saturated carbocycles. The van der Waals surface area contributed by atoms with E-state index in [0.717, 1.165) is 11.1 Å². The summed E-state index contributed by atoms with van der Waals surface area (Å²) in [6.45, 7) is 3.89. The molecule has 3 aromatic rings. The molecule has 0 aliphatic heterocycles. The number of carbonyl (C=O) groups is 3. The van der Waals surface area contributed by atoms with Gasteiger partial charge in [-0.25, -0.2) is 0 Å². The highest BCUT2D eigenvalue weighted by Crippen LogP contribution is 2.14. The summed E-state index contributed by atoms with van der Waals surface area (Å²) in [5.41, 5.74) is 3.98. The van der Waals surface area contributed by atoms with Crippen LogP contribution in [-0.4, -0.2) is 17.6 Å². The van der Waals surface area contributed by atoms with Crippen LogP contribution in [0.15, 0.2) is 72.8 Å². The molecule has 2 N–H and O–H groups in total. The van der Waals surface area contributed by atoms with Crippen molar-refractivity contribution >= 4 is 23.3 Å². The van der Waals surface area contributed by atoms with Crippen LogP contribution in [0, 0.1) is 6.92 Å². The second kappa shape index (κ2) is 8.97. The number of benzene rings is 3. The lowest BCUT2D eigenvalue weighted by Crippen LogP contribution is -2.23. The van der Waals surface area contributed by atoms with Crippen molar-refractivity contribution in [2.24, 2.45) is 0 Å².